The number of alkyl halides is 3. The maximum absolute atomic E-state index is 13.2. The number of halogens is 5. The van der Waals surface area contributed by atoms with Crippen LogP contribution in [0, 0.1) is 0 Å². The molecule has 0 atom stereocenters. The van der Waals surface area contributed by atoms with Gasteiger partial charge >= 0.3 is 6.18 Å². The molecular formula is C20H13Cl2F3N2O5S2. The summed E-state index contributed by atoms with van der Waals surface area (Å²) in [5, 5.41) is -0.804. The number of nitrogens with zero attached hydrogens (tertiary/aromatic N) is 1. The van der Waals surface area contributed by atoms with Crippen molar-refractivity contribution in [3.63, 3.8) is 0 Å². The number of aromatic nitrogens is 1. The highest BCUT2D eigenvalue weighted by atomic mass is 35.5. The summed E-state index contributed by atoms with van der Waals surface area (Å²) in [5.41, 5.74) is -2.65. The minimum absolute atomic E-state index is 0.0993. The van der Waals surface area contributed by atoms with Gasteiger partial charge in [0, 0.05) is 18.0 Å². The molecule has 3 rings (SSSR count). The number of pyridine rings is 1. The molecular weight excluding hydrogens is 540 g/mol. The first kappa shape index (κ1) is 25.9. The molecule has 3 aromatic rings. The zero-order valence-electron chi connectivity index (χ0n) is 16.9. The Balaban J connectivity index is 2.11. The Morgan fingerprint density at radius 1 is 1.00 bits per heavy atom. The number of benzene rings is 2. The average molecular weight is 553 g/mol. The van der Waals surface area contributed by atoms with Crippen LogP contribution in [0.25, 0.3) is 0 Å². The Morgan fingerprint density at radius 2 is 1.65 bits per heavy atom. The van der Waals surface area contributed by atoms with Gasteiger partial charge in [0.05, 0.1) is 31.1 Å². The molecule has 0 saturated heterocycles. The lowest BCUT2D eigenvalue weighted by atomic mass is 10.1. The molecule has 1 N–H and O–H groups in total. The molecule has 0 bridgehead atoms. The second-order valence-corrected chi connectivity index (χ2v) is 11.4. The van der Waals surface area contributed by atoms with Crippen molar-refractivity contribution in [2.75, 3.05) is 11.0 Å². The van der Waals surface area contributed by atoms with Gasteiger partial charge in [-0.05, 0) is 36.4 Å². The van der Waals surface area contributed by atoms with Crippen LogP contribution in [0.15, 0.2) is 64.5 Å². The summed E-state index contributed by atoms with van der Waals surface area (Å²) < 4.78 is 91.3. The molecule has 0 fully saturated rings. The maximum atomic E-state index is 13.2. The van der Waals surface area contributed by atoms with E-state index in [4.69, 9.17) is 23.2 Å². The van der Waals surface area contributed by atoms with E-state index in [1.807, 2.05) is 4.72 Å². The van der Waals surface area contributed by atoms with Gasteiger partial charge in [0.15, 0.2) is 9.84 Å². The molecule has 14 heteroatoms. The largest absolute Gasteiger partial charge is 0.417 e. The molecule has 0 aliphatic heterocycles. The first-order chi connectivity index (χ1) is 15.6. The number of hydrogen-bond acceptors (Lipinski definition) is 6. The fourth-order valence-electron chi connectivity index (χ4n) is 2.90. The van der Waals surface area contributed by atoms with E-state index < -0.39 is 58.7 Å². The number of hydrogen-bond donors (Lipinski definition) is 1. The minimum atomic E-state index is -4.92. The van der Waals surface area contributed by atoms with Gasteiger partial charge < -0.3 is 0 Å². The standard InChI is InChI=1S/C20H13Cl2F3N2O5S2/c1-33(29,30)17-5-3-2-4-13(17)19(28)18-16(8-11(21)10-26-18)27-34(31,32)12-6-7-15(22)14(9-12)20(23,24)25/h2-10,27H,1H3. The van der Waals surface area contributed by atoms with Gasteiger partial charge in [-0.2, -0.15) is 13.2 Å². The summed E-state index contributed by atoms with van der Waals surface area (Å²) in [4.78, 5) is 15.8. The topological polar surface area (TPSA) is 110 Å². The van der Waals surface area contributed by atoms with Crippen molar-refractivity contribution in [1.82, 2.24) is 4.98 Å². The molecule has 0 aliphatic rings. The predicted octanol–water partition coefficient (Wildman–Crippen LogP) is 4.84. The molecule has 34 heavy (non-hydrogen) atoms. The van der Waals surface area contributed by atoms with Gasteiger partial charge in [-0.3, -0.25) is 9.52 Å². The monoisotopic (exact) mass is 552 g/mol. The van der Waals surface area contributed by atoms with Gasteiger partial charge in [-0.1, -0.05) is 35.3 Å². The second-order valence-electron chi connectivity index (χ2n) is 6.89. The van der Waals surface area contributed by atoms with E-state index in [0.717, 1.165) is 30.7 Å². The molecule has 0 amide bonds. The van der Waals surface area contributed by atoms with Gasteiger partial charge in [0.1, 0.15) is 5.69 Å². The number of carbonyl (C=O) groups is 1. The Bertz CT molecular complexity index is 1510. The van der Waals surface area contributed by atoms with Crippen molar-refractivity contribution >= 4 is 54.5 Å². The highest BCUT2D eigenvalue weighted by Gasteiger charge is 2.35. The molecule has 0 saturated carbocycles. The van der Waals surface area contributed by atoms with Crippen LogP contribution in [0.2, 0.25) is 10.0 Å². The number of rotatable bonds is 6. The summed E-state index contributed by atoms with van der Waals surface area (Å²) in [6, 6.07) is 8.16. The van der Waals surface area contributed by atoms with Gasteiger partial charge in [-0.25, -0.2) is 21.8 Å². The number of nitrogens with one attached hydrogen (secondary N) is 1. The molecule has 180 valence electrons. The number of sulfonamides is 1. The van der Waals surface area contributed by atoms with Crippen molar-refractivity contribution in [3.8, 4) is 0 Å². The summed E-state index contributed by atoms with van der Waals surface area (Å²) in [6.45, 7) is 0. The zero-order valence-corrected chi connectivity index (χ0v) is 20.0. The molecule has 1 aromatic heterocycles. The lowest BCUT2D eigenvalue weighted by molar-refractivity contribution is -0.137. The quantitative estimate of drug-likeness (QED) is 0.438. The fourth-order valence-corrected chi connectivity index (χ4v) is 5.25. The van der Waals surface area contributed by atoms with Crippen molar-refractivity contribution in [2.24, 2.45) is 0 Å². The first-order valence-corrected chi connectivity index (χ1v) is 13.1. The van der Waals surface area contributed by atoms with Crippen molar-refractivity contribution in [2.45, 2.75) is 16.0 Å². The smallest absolute Gasteiger partial charge is 0.287 e. The minimum Gasteiger partial charge on any atom is -0.287 e. The molecule has 7 nitrogen and oxygen atoms in total. The van der Waals surface area contributed by atoms with E-state index in [0.29, 0.717) is 6.07 Å². The normalized spacial score (nSPS) is 12.4. The molecule has 1 heterocycles. The molecule has 0 spiro atoms. The Hall–Kier alpha value is -2.67. The molecule has 0 unspecified atom stereocenters. The number of ketones is 1. The van der Waals surface area contributed by atoms with Crippen molar-refractivity contribution in [3.05, 3.63) is 81.6 Å². The third-order valence-corrected chi connectivity index (χ3v) is 7.45. The van der Waals surface area contributed by atoms with Crippen LogP contribution in [-0.2, 0) is 26.0 Å². The first-order valence-electron chi connectivity index (χ1n) is 9.00. The molecule has 0 aliphatic carbocycles. The van der Waals surface area contributed by atoms with E-state index in [9.17, 15) is 34.8 Å². The Morgan fingerprint density at radius 3 is 2.26 bits per heavy atom. The summed E-state index contributed by atoms with van der Waals surface area (Å²) >= 11 is 11.4. The van der Waals surface area contributed by atoms with Crippen LogP contribution in [0.1, 0.15) is 21.6 Å². The van der Waals surface area contributed by atoms with Crippen molar-refractivity contribution in [1.29, 1.82) is 0 Å². The highest BCUT2D eigenvalue weighted by molar-refractivity contribution is 7.92. The summed E-state index contributed by atoms with van der Waals surface area (Å²) in [5.74, 6) is -0.956. The van der Waals surface area contributed by atoms with E-state index >= 15 is 0 Å². The zero-order chi connectivity index (χ0) is 25.5. The van der Waals surface area contributed by atoms with Gasteiger partial charge in [0.2, 0.25) is 5.78 Å². The van der Waals surface area contributed by atoms with E-state index in [-0.39, 0.29) is 15.5 Å². The number of anilines is 1. The fraction of sp³-hybridized carbons (Fsp3) is 0.100. The third kappa shape index (κ3) is 5.52. The van der Waals surface area contributed by atoms with Crippen molar-refractivity contribution < 1.29 is 34.8 Å². The Kier molecular flexibility index (Phi) is 7.00. The lowest BCUT2D eigenvalue weighted by Crippen LogP contribution is -2.19. The maximum Gasteiger partial charge on any atom is 0.417 e. The highest BCUT2D eigenvalue weighted by Crippen LogP contribution is 2.36. The van der Waals surface area contributed by atoms with Gasteiger partial charge in [0.25, 0.3) is 10.0 Å². The van der Waals surface area contributed by atoms with Crippen LogP contribution < -0.4 is 4.72 Å². The lowest BCUT2D eigenvalue weighted by Gasteiger charge is -2.15. The van der Waals surface area contributed by atoms with Crippen LogP contribution >= 0.6 is 23.2 Å². The third-order valence-electron chi connectivity index (χ3n) is 4.40. The summed E-state index contributed by atoms with van der Waals surface area (Å²) in [6.07, 6.45) is -3.01. The van der Waals surface area contributed by atoms with E-state index in [2.05, 4.69) is 4.98 Å². The van der Waals surface area contributed by atoms with Crippen LogP contribution in [0.3, 0.4) is 0 Å². The van der Waals surface area contributed by atoms with Gasteiger partial charge in [-0.15, -0.1) is 0 Å². The van der Waals surface area contributed by atoms with Crippen LogP contribution in [0.5, 0.6) is 0 Å². The van der Waals surface area contributed by atoms with E-state index in [1.165, 1.54) is 24.3 Å². The Labute approximate surface area is 202 Å². The predicted molar refractivity (Wildman–Crippen MR) is 119 cm³/mol. The average Bonchev–Trinajstić information content (AvgIpc) is 2.72. The number of carbonyl (C=O) groups excluding carboxylic acids is 1. The SMILES string of the molecule is CS(=O)(=O)c1ccccc1C(=O)c1ncc(Cl)cc1NS(=O)(=O)c1ccc(Cl)c(C(F)(F)F)c1. The van der Waals surface area contributed by atoms with Crippen LogP contribution in [0.4, 0.5) is 18.9 Å². The molecule has 0 radical (unpaired) electrons. The van der Waals surface area contributed by atoms with E-state index in [1.54, 1.807) is 0 Å². The summed E-state index contributed by atoms with van der Waals surface area (Å²) in [7, 11) is -8.52. The van der Waals surface area contributed by atoms with Crippen LogP contribution in [-0.4, -0.2) is 33.9 Å². The number of sulfone groups is 1. The molecule has 2 aromatic carbocycles. The second kappa shape index (κ2) is 9.17.